The van der Waals surface area contributed by atoms with Crippen LogP contribution in [0.1, 0.15) is 47.1 Å². The molecule has 1 amide bonds. The standard InChI is InChI=1S/C21H25N5O2/c1-12-6-7-16-15(10-12)18(25-24-16)20(27)26-9-8-14(11-26)22-21-23-17-5-3-4-13(2)19(17)28-21/h3-5,12,14H,6-11H2,1-2H3,(H,22,23)(H,24,25)/t12?,14-/m1/s1. The SMILES string of the molecule is Cc1cccc2nc(N[C@@H]3CCN(C(=O)c4n[nH]c5c4CC(C)CC5)C3)oc12. The largest absolute Gasteiger partial charge is 0.423 e. The molecule has 7 heteroatoms. The van der Waals surface area contributed by atoms with E-state index in [4.69, 9.17) is 4.42 Å². The number of likely N-dealkylation sites (tertiary alicyclic amines) is 1. The van der Waals surface area contributed by atoms with Gasteiger partial charge in [0.1, 0.15) is 5.52 Å². The minimum Gasteiger partial charge on any atom is -0.423 e. The van der Waals surface area contributed by atoms with Crippen LogP contribution in [-0.4, -0.2) is 45.1 Å². The second-order valence-corrected chi connectivity index (χ2v) is 8.20. The minimum atomic E-state index is 0.0318. The zero-order chi connectivity index (χ0) is 19.3. The molecule has 1 unspecified atom stereocenters. The molecule has 7 nitrogen and oxygen atoms in total. The summed E-state index contributed by atoms with van der Waals surface area (Å²) in [6.07, 6.45) is 3.94. The second-order valence-electron chi connectivity index (χ2n) is 8.20. The fourth-order valence-electron chi connectivity index (χ4n) is 4.38. The predicted molar refractivity (Wildman–Crippen MR) is 106 cm³/mol. The fraction of sp³-hybridized carbons (Fsp3) is 0.476. The first-order valence-electron chi connectivity index (χ1n) is 10.1. The number of nitrogens with one attached hydrogen (secondary N) is 2. The van der Waals surface area contributed by atoms with Crippen LogP contribution in [0.2, 0.25) is 0 Å². The third kappa shape index (κ3) is 2.95. The van der Waals surface area contributed by atoms with E-state index in [-0.39, 0.29) is 11.9 Å². The molecule has 1 aliphatic carbocycles. The number of oxazole rings is 1. The topological polar surface area (TPSA) is 87.0 Å². The number of aryl methyl sites for hydroxylation is 2. The number of carbonyl (C=O) groups is 1. The van der Waals surface area contributed by atoms with Crippen LogP contribution in [0, 0.1) is 12.8 Å². The summed E-state index contributed by atoms with van der Waals surface area (Å²) in [5.41, 5.74) is 5.60. The number of H-pyrrole nitrogens is 1. The van der Waals surface area contributed by atoms with Crippen LogP contribution in [0.5, 0.6) is 0 Å². The highest BCUT2D eigenvalue weighted by Gasteiger charge is 2.32. The molecule has 2 aliphatic rings. The van der Waals surface area contributed by atoms with Gasteiger partial charge in [0.2, 0.25) is 0 Å². The normalized spacial score (nSPS) is 21.9. The van der Waals surface area contributed by atoms with Gasteiger partial charge in [0.25, 0.3) is 11.9 Å². The molecule has 1 saturated heterocycles. The minimum absolute atomic E-state index is 0.0318. The molecule has 0 spiro atoms. The molecule has 0 saturated carbocycles. The summed E-state index contributed by atoms with van der Waals surface area (Å²) >= 11 is 0. The summed E-state index contributed by atoms with van der Waals surface area (Å²) in [5.74, 6) is 0.636. The van der Waals surface area contributed by atoms with E-state index in [1.807, 2.05) is 30.0 Å². The Morgan fingerprint density at radius 3 is 3.11 bits per heavy atom. The van der Waals surface area contributed by atoms with Gasteiger partial charge in [-0.05, 0) is 50.2 Å². The molecule has 2 atom stereocenters. The lowest BCUT2D eigenvalue weighted by Gasteiger charge is -2.20. The average molecular weight is 379 g/mol. The Morgan fingerprint density at radius 1 is 1.36 bits per heavy atom. The molecule has 1 aliphatic heterocycles. The van der Waals surface area contributed by atoms with Crippen molar-refractivity contribution in [3.05, 3.63) is 40.7 Å². The van der Waals surface area contributed by atoms with Gasteiger partial charge in [0.05, 0.1) is 0 Å². The van der Waals surface area contributed by atoms with E-state index in [0.717, 1.165) is 53.6 Å². The first-order chi connectivity index (χ1) is 13.6. The number of para-hydroxylation sites is 1. The van der Waals surface area contributed by atoms with Crippen molar-refractivity contribution in [2.75, 3.05) is 18.4 Å². The molecule has 0 radical (unpaired) electrons. The number of aromatic amines is 1. The molecule has 1 fully saturated rings. The van der Waals surface area contributed by atoms with Gasteiger partial charge in [0, 0.05) is 30.4 Å². The van der Waals surface area contributed by atoms with Crippen molar-refractivity contribution in [2.24, 2.45) is 5.92 Å². The van der Waals surface area contributed by atoms with E-state index in [1.165, 1.54) is 0 Å². The Hall–Kier alpha value is -2.83. The molecule has 3 heterocycles. The van der Waals surface area contributed by atoms with Crippen LogP contribution in [0.4, 0.5) is 6.01 Å². The molecular weight excluding hydrogens is 354 g/mol. The number of carbonyl (C=O) groups excluding carboxylic acids is 1. The van der Waals surface area contributed by atoms with Crippen molar-refractivity contribution in [3.8, 4) is 0 Å². The van der Waals surface area contributed by atoms with Crippen LogP contribution >= 0.6 is 0 Å². The zero-order valence-electron chi connectivity index (χ0n) is 16.3. The van der Waals surface area contributed by atoms with Gasteiger partial charge >= 0.3 is 0 Å². The molecule has 28 heavy (non-hydrogen) atoms. The lowest BCUT2D eigenvalue weighted by molar-refractivity contribution is 0.0784. The predicted octanol–water partition coefficient (Wildman–Crippen LogP) is 3.31. The number of rotatable bonds is 3. The van der Waals surface area contributed by atoms with Gasteiger partial charge in [-0.25, -0.2) is 0 Å². The van der Waals surface area contributed by atoms with Crippen LogP contribution < -0.4 is 5.32 Å². The summed E-state index contributed by atoms with van der Waals surface area (Å²) in [6, 6.07) is 6.59. The first-order valence-corrected chi connectivity index (χ1v) is 10.1. The van der Waals surface area contributed by atoms with Crippen molar-refractivity contribution in [1.29, 1.82) is 0 Å². The third-order valence-corrected chi connectivity index (χ3v) is 6.01. The van der Waals surface area contributed by atoms with Crippen LogP contribution in [0.25, 0.3) is 11.1 Å². The van der Waals surface area contributed by atoms with Crippen LogP contribution in [0.3, 0.4) is 0 Å². The lowest BCUT2D eigenvalue weighted by Crippen LogP contribution is -2.32. The molecule has 1 aromatic carbocycles. The Labute approximate surface area is 163 Å². The van der Waals surface area contributed by atoms with E-state index in [1.54, 1.807) is 0 Å². The van der Waals surface area contributed by atoms with Crippen molar-refractivity contribution in [1.82, 2.24) is 20.1 Å². The highest BCUT2D eigenvalue weighted by Crippen LogP contribution is 2.28. The molecule has 5 rings (SSSR count). The van der Waals surface area contributed by atoms with E-state index < -0.39 is 0 Å². The van der Waals surface area contributed by atoms with Crippen LogP contribution in [-0.2, 0) is 12.8 Å². The summed E-state index contributed by atoms with van der Waals surface area (Å²) in [6.45, 7) is 5.60. The molecular formula is C21H25N5O2. The number of hydrogen-bond acceptors (Lipinski definition) is 5. The molecule has 3 aromatic rings. The Morgan fingerprint density at radius 2 is 2.25 bits per heavy atom. The highest BCUT2D eigenvalue weighted by molar-refractivity contribution is 5.94. The first kappa shape index (κ1) is 17.3. The number of anilines is 1. The fourth-order valence-corrected chi connectivity index (χ4v) is 4.38. The van der Waals surface area contributed by atoms with Crippen molar-refractivity contribution in [3.63, 3.8) is 0 Å². The number of hydrogen-bond donors (Lipinski definition) is 2. The van der Waals surface area contributed by atoms with Crippen LogP contribution in [0.15, 0.2) is 22.6 Å². The number of aromatic nitrogens is 3. The maximum Gasteiger partial charge on any atom is 0.295 e. The van der Waals surface area contributed by atoms with Crippen molar-refractivity contribution in [2.45, 2.75) is 45.6 Å². The maximum absolute atomic E-state index is 13.0. The summed E-state index contributed by atoms with van der Waals surface area (Å²) in [4.78, 5) is 19.5. The van der Waals surface area contributed by atoms with Crippen molar-refractivity contribution >= 4 is 23.0 Å². The van der Waals surface area contributed by atoms with Gasteiger partial charge < -0.3 is 14.6 Å². The van der Waals surface area contributed by atoms with E-state index in [0.29, 0.717) is 30.7 Å². The Balaban J connectivity index is 1.28. The third-order valence-electron chi connectivity index (χ3n) is 6.01. The van der Waals surface area contributed by atoms with Gasteiger partial charge in [0.15, 0.2) is 11.3 Å². The summed E-state index contributed by atoms with van der Waals surface area (Å²) < 4.78 is 5.87. The van der Waals surface area contributed by atoms with Gasteiger partial charge in [-0.3, -0.25) is 9.89 Å². The van der Waals surface area contributed by atoms with E-state index >= 15 is 0 Å². The zero-order valence-corrected chi connectivity index (χ0v) is 16.3. The van der Waals surface area contributed by atoms with E-state index in [9.17, 15) is 4.79 Å². The Bertz CT molecular complexity index is 1040. The van der Waals surface area contributed by atoms with Gasteiger partial charge in [-0.1, -0.05) is 19.1 Å². The lowest BCUT2D eigenvalue weighted by atomic mass is 9.87. The average Bonchev–Trinajstić information content (AvgIpc) is 3.39. The molecule has 0 bridgehead atoms. The summed E-state index contributed by atoms with van der Waals surface area (Å²) in [7, 11) is 0. The maximum atomic E-state index is 13.0. The second kappa shape index (κ2) is 6.65. The van der Waals surface area contributed by atoms with E-state index in [2.05, 4.69) is 27.4 Å². The Kier molecular flexibility index (Phi) is 4.10. The quantitative estimate of drug-likeness (QED) is 0.729. The van der Waals surface area contributed by atoms with Gasteiger partial charge in [-0.2, -0.15) is 10.1 Å². The number of fused-ring (bicyclic) bond motifs is 2. The molecule has 2 N–H and O–H groups in total. The number of amides is 1. The summed E-state index contributed by atoms with van der Waals surface area (Å²) in [5, 5.41) is 10.8. The number of nitrogens with zero attached hydrogens (tertiary/aromatic N) is 3. The van der Waals surface area contributed by atoms with Gasteiger partial charge in [-0.15, -0.1) is 0 Å². The highest BCUT2D eigenvalue weighted by atomic mass is 16.4. The molecule has 2 aromatic heterocycles. The monoisotopic (exact) mass is 379 g/mol. The van der Waals surface area contributed by atoms with Crippen molar-refractivity contribution < 1.29 is 9.21 Å². The smallest absolute Gasteiger partial charge is 0.295 e. The molecule has 146 valence electrons. The number of benzene rings is 1.